The monoisotopic (exact) mass is 250 g/mol. The lowest BCUT2D eigenvalue weighted by Crippen LogP contribution is -2.41. The van der Waals surface area contributed by atoms with E-state index in [9.17, 15) is 0 Å². The Morgan fingerprint density at radius 3 is 2.44 bits per heavy atom. The zero-order chi connectivity index (χ0) is 13.8. The Balaban J connectivity index is 2.64. The van der Waals surface area contributed by atoms with E-state index in [1.807, 2.05) is 12.1 Å². The summed E-state index contributed by atoms with van der Waals surface area (Å²) in [6.45, 7) is 12.0. The second-order valence-electron chi connectivity index (χ2n) is 6.65. The van der Waals surface area contributed by atoms with E-state index < -0.39 is 0 Å². The zero-order valence-electron chi connectivity index (χ0n) is 12.5. The van der Waals surface area contributed by atoms with Gasteiger partial charge in [0.05, 0.1) is 7.11 Å². The van der Waals surface area contributed by atoms with Gasteiger partial charge in [0.2, 0.25) is 5.88 Å². The van der Waals surface area contributed by atoms with Crippen molar-refractivity contribution in [2.24, 2.45) is 5.41 Å². The van der Waals surface area contributed by atoms with Crippen LogP contribution in [0.3, 0.4) is 0 Å². The SMILES string of the molecule is COc1ncccc1CNC(C)(C)CC(C)(C)C. The molecule has 0 aliphatic heterocycles. The summed E-state index contributed by atoms with van der Waals surface area (Å²) in [6, 6.07) is 3.99. The van der Waals surface area contributed by atoms with E-state index in [-0.39, 0.29) is 5.54 Å². The van der Waals surface area contributed by atoms with Crippen LogP contribution < -0.4 is 10.1 Å². The first-order valence-electron chi connectivity index (χ1n) is 6.46. The molecule has 1 aromatic heterocycles. The first-order valence-corrected chi connectivity index (χ1v) is 6.46. The van der Waals surface area contributed by atoms with Crippen molar-refractivity contribution in [2.75, 3.05) is 7.11 Å². The van der Waals surface area contributed by atoms with Gasteiger partial charge < -0.3 is 10.1 Å². The quantitative estimate of drug-likeness (QED) is 0.869. The van der Waals surface area contributed by atoms with Crippen LogP contribution in [0.25, 0.3) is 0 Å². The Bertz CT molecular complexity index is 380. The van der Waals surface area contributed by atoms with Gasteiger partial charge in [-0.2, -0.15) is 0 Å². The molecule has 1 aromatic rings. The Kier molecular flexibility index (Phi) is 4.74. The van der Waals surface area contributed by atoms with Gasteiger partial charge in [0.1, 0.15) is 0 Å². The largest absolute Gasteiger partial charge is 0.481 e. The molecule has 0 unspecified atom stereocenters. The third kappa shape index (κ3) is 5.05. The molecule has 0 radical (unpaired) electrons. The Hall–Kier alpha value is -1.09. The number of nitrogens with one attached hydrogen (secondary N) is 1. The summed E-state index contributed by atoms with van der Waals surface area (Å²) in [5, 5.41) is 3.59. The Labute approximate surface area is 111 Å². The molecule has 0 bridgehead atoms. The lowest BCUT2D eigenvalue weighted by molar-refractivity contribution is 0.239. The predicted molar refractivity (Wildman–Crippen MR) is 75.8 cm³/mol. The molecule has 0 saturated heterocycles. The summed E-state index contributed by atoms with van der Waals surface area (Å²) in [7, 11) is 1.66. The third-order valence-electron chi connectivity index (χ3n) is 2.77. The molecule has 1 heterocycles. The van der Waals surface area contributed by atoms with Crippen molar-refractivity contribution in [2.45, 2.75) is 53.1 Å². The fraction of sp³-hybridized carbons (Fsp3) is 0.667. The molecule has 0 aromatic carbocycles. The van der Waals surface area contributed by atoms with Crippen LogP contribution in [0.4, 0.5) is 0 Å². The van der Waals surface area contributed by atoms with Crippen LogP contribution in [0.1, 0.15) is 46.6 Å². The molecule has 0 amide bonds. The van der Waals surface area contributed by atoms with Crippen molar-refractivity contribution < 1.29 is 4.74 Å². The van der Waals surface area contributed by atoms with Crippen molar-refractivity contribution in [1.29, 1.82) is 0 Å². The fourth-order valence-electron chi connectivity index (χ4n) is 2.47. The van der Waals surface area contributed by atoms with E-state index in [0.717, 1.165) is 18.5 Å². The number of nitrogens with zero attached hydrogens (tertiary/aromatic N) is 1. The van der Waals surface area contributed by atoms with E-state index in [0.29, 0.717) is 11.3 Å². The summed E-state index contributed by atoms with van der Waals surface area (Å²) in [4.78, 5) is 4.21. The van der Waals surface area contributed by atoms with Crippen molar-refractivity contribution in [1.82, 2.24) is 10.3 Å². The summed E-state index contributed by atoms with van der Waals surface area (Å²) in [6.07, 6.45) is 2.87. The Morgan fingerprint density at radius 1 is 1.22 bits per heavy atom. The van der Waals surface area contributed by atoms with E-state index in [1.165, 1.54) is 0 Å². The molecule has 3 heteroatoms. The maximum atomic E-state index is 5.26. The van der Waals surface area contributed by atoms with Crippen molar-refractivity contribution in [3.05, 3.63) is 23.9 Å². The molecule has 1 N–H and O–H groups in total. The van der Waals surface area contributed by atoms with Gasteiger partial charge in [-0.3, -0.25) is 0 Å². The molecule has 0 atom stereocenters. The Morgan fingerprint density at radius 2 is 1.89 bits per heavy atom. The summed E-state index contributed by atoms with van der Waals surface area (Å²) in [5.74, 6) is 0.705. The number of hydrogen-bond acceptors (Lipinski definition) is 3. The molecular formula is C15H26N2O. The number of rotatable bonds is 5. The first kappa shape index (κ1) is 15.0. The van der Waals surface area contributed by atoms with E-state index >= 15 is 0 Å². The molecular weight excluding hydrogens is 224 g/mol. The maximum Gasteiger partial charge on any atom is 0.217 e. The van der Waals surface area contributed by atoms with Gasteiger partial charge in [0, 0.05) is 23.8 Å². The van der Waals surface area contributed by atoms with Crippen LogP contribution in [-0.4, -0.2) is 17.6 Å². The number of aromatic nitrogens is 1. The molecule has 0 saturated carbocycles. The molecule has 0 fully saturated rings. The molecule has 3 nitrogen and oxygen atoms in total. The van der Waals surface area contributed by atoms with E-state index in [1.54, 1.807) is 13.3 Å². The van der Waals surface area contributed by atoms with Crippen LogP contribution in [-0.2, 0) is 6.54 Å². The number of hydrogen-bond donors (Lipinski definition) is 1. The second-order valence-corrected chi connectivity index (χ2v) is 6.65. The average Bonchev–Trinajstić information content (AvgIpc) is 2.23. The molecule has 1 rings (SSSR count). The smallest absolute Gasteiger partial charge is 0.217 e. The summed E-state index contributed by atoms with van der Waals surface area (Å²) in [5.41, 5.74) is 1.51. The van der Waals surface area contributed by atoms with Crippen LogP contribution in [0.5, 0.6) is 5.88 Å². The van der Waals surface area contributed by atoms with Gasteiger partial charge in [-0.1, -0.05) is 26.8 Å². The molecule has 18 heavy (non-hydrogen) atoms. The lowest BCUT2D eigenvalue weighted by Gasteiger charge is -2.33. The van der Waals surface area contributed by atoms with Gasteiger partial charge in [-0.15, -0.1) is 0 Å². The standard InChI is InChI=1S/C15H26N2O/c1-14(2,3)11-15(4,5)17-10-12-8-7-9-16-13(12)18-6/h7-9,17H,10-11H2,1-6H3. The van der Waals surface area contributed by atoms with Crippen LogP contribution >= 0.6 is 0 Å². The van der Waals surface area contributed by atoms with Crippen LogP contribution in [0.2, 0.25) is 0 Å². The van der Waals surface area contributed by atoms with Crippen molar-refractivity contribution in [3.63, 3.8) is 0 Å². The lowest BCUT2D eigenvalue weighted by atomic mass is 9.82. The molecule has 0 spiro atoms. The normalized spacial score (nSPS) is 12.6. The highest BCUT2D eigenvalue weighted by Crippen LogP contribution is 2.27. The maximum absolute atomic E-state index is 5.26. The second kappa shape index (κ2) is 5.70. The summed E-state index contributed by atoms with van der Waals surface area (Å²) >= 11 is 0. The van der Waals surface area contributed by atoms with Crippen molar-refractivity contribution in [3.8, 4) is 5.88 Å². The fourth-order valence-corrected chi connectivity index (χ4v) is 2.47. The zero-order valence-corrected chi connectivity index (χ0v) is 12.5. The molecule has 102 valence electrons. The predicted octanol–water partition coefficient (Wildman–Crippen LogP) is 3.39. The minimum absolute atomic E-state index is 0.0963. The highest BCUT2D eigenvalue weighted by molar-refractivity contribution is 5.25. The topological polar surface area (TPSA) is 34.1 Å². The van der Waals surface area contributed by atoms with Gasteiger partial charge in [0.25, 0.3) is 0 Å². The third-order valence-corrected chi connectivity index (χ3v) is 2.77. The highest BCUT2D eigenvalue weighted by atomic mass is 16.5. The summed E-state index contributed by atoms with van der Waals surface area (Å²) < 4.78 is 5.26. The minimum atomic E-state index is 0.0963. The minimum Gasteiger partial charge on any atom is -0.481 e. The number of pyridine rings is 1. The van der Waals surface area contributed by atoms with E-state index in [4.69, 9.17) is 4.74 Å². The van der Waals surface area contributed by atoms with Crippen molar-refractivity contribution >= 4 is 0 Å². The molecule has 0 aliphatic carbocycles. The van der Waals surface area contributed by atoms with Gasteiger partial charge in [-0.25, -0.2) is 4.98 Å². The number of methoxy groups -OCH3 is 1. The van der Waals surface area contributed by atoms with Crippen LogP contribution in [0, 0.1) is 5.41 Å². The highest BCUT2D eigenvalue weighted by Gasteiger charge is 2.25. The van der Waals surface area contributed by atoms with Gasteiger partial charge in [0.15, 0.2) is 0 Å². The van der Waals surface area contributed by atoms with Crippen LogP contribution in [0.15, 0.2) is 18.3 Å². The van der Waals surface area contributed by atoms with E-state index in [2.05, 4.69) is 44.9 Å². The van der Waals surface area contributed by atoms with Gasteiger partial charge >= 0.3 is 0 Å². The average molecular weight is 250 g/mol. The number of ether oxygens (including phenoxy) is 1. The first-order chi connectivity index (χ1) is 8.23. The molecule has 0 aliphatic rings. The van der Waals surface area contributed by atoms with Gasteiger partial charge in [-0.05, 0) is 31.7 Å².